The van der Waals surface area contributed by atoms with Crippen LogP contribution in [0.15, 0.2) is 48.5 Å². The molecule has 3 rings (SSSR count). The lowest BCUT2D eigenvalue weighted by Crippen LogP contribution is -2.51. The maximum atomic E-state index is 13.1. The number of aliphatic carboxylic acids is 1. The van der Waals surface area contributed by atoms with E-state index >= 15 is 0 Å². The van der Waals surface area contributed by atoms with Gasteiger partial charge in [0, 0.05) is 30.5 Å². The Kier molecular flexibility index (Phi) is 11.3. The number of benzene rings is 2. The van der Waals surface area contributed by atoms with E-state index in [1.165, 1.54) is 33.7 Å². The average molecular weight is 561 g/mol. The van der Waals surface area contributed by atoms with Crippen molar-refractivity contribution in [1.82, 2.24) is 16.0 Å². The second-order valence-electron chi connectivity index (χ2n) is 8.96. The van der Waals surface area contributed by atoms with Crippen LogP contribution in [-0.4, -0.2) is 63.5 Å². The average Bonchev–Trinajstić information content (AvgIpc) is 2.88. The number of phenols is 1. The minimum absolute atomic E-state index is 0.0671. The largest absolute Gasteiger partial charge is 0.508 e. The summed E-state index contributed by atoms with van der Waals surface area (Å²) < 4.78 is 0. The van der Waals surface area contributed by atoms with Gasteiger partial charge in [-0.2, -0.15) is 0 Å². The summed E-state index contributed by atoms with van der Waals surface area (Å²) in [6, 6.07) is 11.4. The van der Waals surface area contributed by atoms with Crippen LogP contribution in [-0.2, 0) is 38.6 Å². The first kappa shape index (κ1) is 29.3. The number of rotatable bonds is 7. The van der Waals surface area contributed by atoms with Crippen molar-refractivity contribution in [2.24, 2.45) is 5.73 Å². The number of carboxylic acids is 1. The Morgan fingerprint density at radius 2 is 1.74 bits per heavy atom. The zero-order valence-electron chi connectivity index (χ0n) is 20.7. The molecule has 3 amide bonds. The van der Waals surface area contributed by atoms with E-state index in [0.29, 0.717) is 35.5 Å². The summed E-state index contributed by atoms with van der Waals surface area (Å²) >= 11 is 0. The predicted molar refractivity (Wildman–Crippen MR) is 147 cm³/mol. The summed E-state index contributed by atoms with van der Waals surface area (Å²) in [6.07, 6.45) is 0.554. The highest BCUT2D eigenvalue weighted by Gasteiger charge is 2.26. The van der Waals surface area contributed by atoms with Crippen molar-refractivity contribution in [2.75, 3.05) is 11.5 Å². The summed E-state index contributed by atoms with van der Waals surface area (Å²) in [4.78, 5) is 49.9. The SMILES string of the molecule is N[C@H]1CCSSC[C@@H](C(=O)NCc2ccccc2CC(=O)O)NC(=O)C[C@H](Cc2ccc(O)cc2)NC1=O. The first-order valence-electron chi connectivity index (χ1n) is 12.1. The lowest BCUT2D eigenvalue weighted by Gasteiger charge is -2.22. The molecule has 204 valence electrons. The van der Waals surface area contributed by atoms with E-state index in [2.05, 4.69) is 16.0 Å². The quantitative estimate of drug-likeness (QED) is 0.274. The molecule has 2 aromatic rings. The number of carbonyl (C=O) groups excluding carboxylic acids is 3. The highest BCUT2D eigenvalue weighted by molar-refractivity contribution is 8.76. The smallest absolute Gasteiger partial charge is 0.307 e. The Labute approximate surface area is 228 Å². The lowest BCUT2D eigenvalue weighted by molar-refractivity contribution is -0.136. The van der Waals surface area contributed by atoms with Crippen molar-refractivity contribution in [1.29, 1.82) is 0 Å². The molecule has 10 nitrogen and oxygen atoms in total. The predicted octanol–water partition coefficient (Wildman–Crippen LogP) is 1.35. The van der Waals surface area contributed by atoms with Gasteiger partial charge in [0.05, 0.1) is 12.5 Å². The van der Waals surface area contributed by atoms with E-state index in [1.54, 1.807) is 36.4 Å². The van der Waals surface area contributed by atoms with E-state index in [9.17, 15) is 24.3 Å². The molecular formula is C26H32N4O6S2. The summed E-state index contributed by atoms with van der Waals surface area (Å²) in [7, 11) is 2.87. The van der Waals surface area contributed by atoms with Crippen LogP contribution in [0.3, 0.4) is 0 Å². The van der Waals surface area contributed by atoms with Crippen LogP contribution in [0.25, 0.3) is 0 Å². The van der Waals surface area contributed by atoms with Gasteiger partial charge in [0.1, 0.15) is 11.8 Å². The van der Waals surface area contributed by atoms with Crippen LogP contribution in [0.2, 0.25) is 0 Å². The van der Waals surface area contributed by atoms with Gasteiger partial charge >= 0.3 is 5.97 Å². The molecule has 1 heterocycles. The van der Waals surface area contributed by atoms with Crippen LogP contribution in [0.1, 0.15) is 29.5 Å². The fourth-order valence-corrected chi connectivity index (χ4v) is 6.19. The summed E-state index contributed by atoms with van der Waals surface area (Å²) in [5.74, 6) is -1.09. The topological polar surface area (TPSA) is 171 Å². The van der Waals surface area contributed by atoms with Crippen LogP contribution >= 0.6 is 21.6 Å². The number of aromatic hydroxyl groups is 1. The fraction of sp³-hybridized carbons (Fsp3) is 0.385. The van der Waals surface area contributed by atoms with Crippen molar-refractivity contribution < 1.29 is 29.4 Å². The number of amides is 3. The maximum absolute atomic E-state index is 13.1. The van der Waals surface area contributed by atoms with Crippen molar-refractivity contribution in [2.45, 2.75) is 50.4 Å². The van der Waals surface area contributed by atoms with Gasteiger partial charge in [-0.15, -0.1) is 0 Å². The normalized spacial score (nSPS) is 21.1. The van der Waals surface area contributed by atoms with Crippen molar-refractivity contribution in [3.63, 3.8) is 0 Å². The number of nitrogens with two attached hydrogens (primary N) is 1. The summed E-state index contributed by atoms with van der Waals surface area (Å²) in [6.45, 7) is 0.126. The molecule has 0 aromatic heterocycles. The Balaban J connectivity index is 1.70. The van der Waals surface area contributed by atoms with Crippen LogP contribution < -0.4 is 21.7 Å². The van der Waals surface area contributed by atoms with E-state index in [4.69, 9.17) is 10.8 Å². The number of nitrogens with one attached hydrogen (secondary N) is 3. The van der Waals surface area contributed by atoms with Crippen LogP contribution in [0.4, 0.5) is 0 Å². The van der Waals surface area contributed by atoms with Crippen LogP contribution in [0, 0.1) is 0 Å². The third-order valence-electron chi connectivity index (χ3n) is 5.93. The Morgan fingerprint density at radius 3 is 2.45 bits per heavy atom. The number of phenolic OH excluding ortho intramolecular Hbond substituents is 1. The molecule has 1 saturated heterocycles. The van der Waals surface area contributed by atoms with E-state index < -0.39 is 30.0 Å². The number of carboxylic acid groups (broad SMARTS) is 1. The van der Waals surface area contributed by atoms with Gasteiger partial charge in [-0.3, -0.25) is 19.2 Å². The molecule has 0 unspecified atom stereocenters. The Hall–Kier alpha value is -3.22. The van der Waals surface area contributed by atoms with Crippen LogP contribution in [0.5, 0.6) is 5.75 Å². The van der Waals surface area contributed by atoms with Crippen molar-refractivity contribution in [3.05, 3.63) is 65.2 Å². The fourth-order valence-electron chi connectivity index (χ4n) is 3.91. The standard InChI is InChI=1S/C26H32N4O6S2/c27-21-9-10-37-38-15-22(26(36)28-14-18-4-2-1-3-17(18)12-24(33)34)30-23(32)13-19(29-25(21)35)11-16-5-7-20(31)8-6-16/h1-8,19,21-22,31H,9-15,27H2,(H,28,36)(H,29,35)(H,30,32)(H,33,34)/t19-,21-,22-/m0/s1. The Morgan fingerprint density at radius 1 is 1.03 bits per heavy atom. The molecule has 38 heavy (non-hydrogen) atoms. The number of hydrogen-bond acceptors (Lipinski definition) is 8. The molecule has 0 aliphatic carbocycles. The first-order chi connectivity index (χ1) is 18.2. The molecule has 1 aliphatic rings. The van der Waals surface area contributed by atoms with Gasteiger partial charge in [-0.05, 0) is 41.7 Å². The third-order valence-corrected chi connectivity index (χ3v) is 8.38. The van der Waals surface area contributed by atoms with E-state index in [-0.39, 0.29) is 37.0 Å². The molecular weight excluding hydrogens is 528 g/mol. The second-order valence-corrected chi connectivity index (χ2v) is 11.6. The first-order valence-corrected chi connectivity index (χ1v) is 14.6. The molecule has 7 N–H and O–H groups in total. The van der Waals surface area contributed by atoms with Gasteiger partial charge < -0.3 is 31.9 Å². The molecule has 12 heteroatoms. The number of carbonyl (C=O) groups is 4. The molecule has 1 aliphatic heterocycles. The molecule has 0 saturated carbocycles. The van der Waals surface area contributed by atoms with E-state index in [0.717, 1.165) is 5.56 Å². The molecule has 1 fully saturated rings. The van der Waals surface area contributed by atoms with Gasteiger partial charge in [-0.25, -0.2) is 0 Å². The summed E-state index contributed by atoms with van der Waals surface area (Å²) in [5, 5.41) is 27.2. The summed E-state index contributed by atoms with van der Waals surface area (Å²) in [5.41, 5.74) is 8.16. The van der Waals surface area contributed by atoms with Gasteiger partial charge in [0.25, 0.3) is 0 Å². The van der Waals surface area contributed by atoms with E-state index in [1.807, 2.05) is 0 Å². The zero-order valence-corrected chi connectivity index (χ0v) is 22.4. The minimum Gasteiger partial charge on any atom is -0.508 e. The maximum Gasteiger partial charge on any atom is 0.307 e. The molecule has 0 radical (unpaired) electrons. The molecule has 0 bridgehead atoms. The van der Waals surface area contributed by atoms with Gasteiger partial charge in [0.15, 0.2) is 0 Å². The number of hydrogen-bond donors (Lipinski definition) is 6. The monoisotopic (exact) mass is 560 g/mol. The van der Waals surface area contributed by atoms with Crippen molar-refractivity contribution in [3.8, 4) is 5.75 Å². The molecule has 3 atom stereocenters. The third kappa shape index (κ3) is 9.58. The van der Waals surface area contributed by atoms with Crippen molar-refractivity contribution >= 4 is 45.3 Å². The zero-order chi connectivity index (χ0) is 27.5. The highest BCUT2D eigenvalue weighted by Crippen LogP contribution is 2.24. The van der Waals surface area contributed by atoms with Gasteiger partial charge in [-0.1, -0.05) is 58.0 Å². The highest BCUT2D eigenvalue weighted by atomic mass is 33.1. The van der Waals surface area contributed by atoms with Gasteiger partial charge in [0.2, 0.25) is 17.7 Å². The minimum atomic E-state index is -0.964. The molecule has 2 aromatic carbocycles. The molecule has 0 spiro atoms. The second kappa shape index (κ2) is 14.6. The Bertz CT molecular complexity index is 1130. The lowest BCUT2D eigenvalue weighted by atomic mass is 10.0.